The number of hydrogen-bond donors (Lipinski definition) is 0. The second-order valence-corrected chi connectivity index (χ2v) is 17.8. The van der Waals surface area contributed by atoms with Gasteiger partial charge in [0, 0.05) is 0 Å². The summed E-state index contributed by atoms with van der Waals surface area (Å²) in [6.07, 6.45) is -22.4. The van der Waals surface area contributed by atoms with Gasteiger partial charge in [0.1, 0.15) is 0 Å². The van der Waals surface area contributed by atoms with Crippen LogP contribution in [0.4, 0.5) is 65.9 Å². The van der Waals surface area contributed by atoms with Gasteiger partial charge in [0.25, 0.3) is 0 Å². The number of rotatable bonds is 6. The zero-order chi connectivity index (χ0) is 31.5. The summed E-state index contributed by atoms with van der Waals surface area (Å²) in [7, 11) is -8.12. The molecule has 0 unspecified atom stereocenters. The van der Waals surface area contributed by atoms with Crippen molar-refractivity contribution in [3.05, 3.63) is 91.0 Å². The first-order chi connectivity index (χ1) is 18.6. The molecule has 0 spiro atoms. The van der Waals surface area contributed by atoms with E-state index >= 15 is 0 Å². The van der Waals surface area contributed by atoms with Crippen molar-refractivity contribution in [1.82, 2.24) is 0 Å². The quantitative estimate of drug-likeness (QED) is 0.191. The summed E-state index contributed by atoms with van der Waals surface area (Å²) in [6.45, 7) is 0. The molecule has 3 aromatic carbocycles. The molecule has 0 aromatic heterocycles. The van der Waals surface area contributed by atoms with Crippen LogP contribution >= 0.6 is 0 Å². The molecule has 3 aromatic rings. The molecule has 0 N–H and O–H groups in total. The van der Waals surface area contributed by atoms with Crippen LogP contribution in [0.25, 0.3) is 0 Å². The van der Waals surface area contributed by atoms with Gasteiger partial charge in [-0.05, 0) is 0 Å². The molecule has 0 saturated carbocycles. The van der Waals surface area contributed by atoms with E-state index in [9.17, 15) is 65.9 Å². The van der Waals surface area contributed by atoms with Gasteiger partial charge >= 0.3 is 165 Å². The van der Waals surface area contributed by atoms with Crippen molar-refractivity contribution in [3.8, 4) is 0 Å². The van der Waals surface area contributed by atoms with Crippen LogP contribution in [0.15, 0.2) is 91.0 Å². The van der Waals surface area contributed by atoms with Crippen LogP contribution in [0.1, 0.15) is 0 Å². The molecule has 0 aliphatic carbocycles. The molecule has 0 bridgehead atoms. The molecule has 0 nitrogen and oxygen atoms in total. The Morgan fingerprint density at radius 1 is 0.341 bits per heavy atom. The van der Waals surface area contributed by atoms with E-state index in [1.807, 2.05) is 0 Å². The van der Waals surface area contributed by atoms with Crippen molar-refractivity contribution in [2.24, 2.45) is 0 Å². The van der Waals surface area contributed by atoms with E-state index < -0.39 is 63.7 Å². The zero-order valence-electron chi connectivity index (χ0n) is 19.8. The van der Waals surface area contributed by atoms with Gasteiger partial charge in [-0.15, -0.1) is 0 Å². The Bertz CT molecular complexity index is 1070. The molecule has 0 aliphatic heterocycles. The normalized spacial score (nSPS) is 13.7. The van der Waals surface area contributed by atoms with Gasteiger partial charge in [-0.1, -0.05) is 0 Å². The summed E-state index contributed by atoms with van der Waals surface area (Å²) in [4.78, 5) is 0. The molecule has 0 saturated heterocycles. The first-order valence-corrected chi connectivity index (χ1v) is 16.6. The molecule has 41 heavy (non-hydrogen) atoms. The first kappa shape index (κ1) is 34.8. The Kier molecular flexibility index (Phi) is 10.6. The van der Waals surface area contributed by atoms with Crippen molar-refractivity contribution in [2.75, 3.05) is 0 Å². The molecule has 224 valence electrons. The first-order valence-electron chi connectivity index (χ1n) is 10.8. The third-order valence-electron chi connectivity index (χ3n) is 5.20. The average Bonchev–Trinajstić information content (AvgIpc) is 2.84. The van der Waals surface area contributed by atoms with Crippen LogP contribution in [0.5, 0.6) is 0 Å². The fourth-order valence-corrected chi connectivity index (χ4v) is 12.7. The van der Waals surface area contributed by atoms with Gasteiger partial charge in [0.15, 0.2) is 0 Å². The number of benzene rings is 3. The number of hydrogen-bond acceptors (Lipinski definition) is 0. The third kappa shape index (κ3) is 7.72. The van der Waals surface area contributed by atoms with Crippen LogP contribution in [-0.4, -0.2) is 63.7 Å². The van der Waals surface area contributed by atoms with Gasteiger partial charge in [-0.3, -0.25) is 0 Å². The van der Waals surface area contributed by atoms with Gasteiger partial charge in [0.05, 0.1) is 0 Å². The molecular formula is C24H15F15SiSn. The Balaban J connectivity index is 0.000000288. The second kappa shape index (κ2) is 12.5. The van der Waals surface area contributed by atoms with Crippen LogP contribution in [0, 0.1) is 0 Å². The SMILES string of the molecule is FC(F)(F)C(F)(F)[Si](C(F)(F)C(F)(F)F)C(F)(F)C(F)(F)F.c1cc[c]([Sn]([c]2ccccc2)[c]2ccccc2)cc1. The molecule has 2 radical (unpaired) electrons. The van der Waals surface area contributed by atoms with Crippen molar-refractivity contribution in [3.63, 3.8) is 0 Å². The van der Waals surface area contributed by atoms with E-state index in [4.69, 9.17) is 0 Å². The predicted octanol–water partition coefficient (Wildman–Crippen LogP) is 6.89. The van der Waals surface area contributed by atoms with Crippen LogP contribution in [0.2, 0.25) is 0 Å². The molecule has 0 amide bonds. The molecule has 0 heterocycles. The molecule has 0 atom stereocenters. The number of alkyl halides is 15. The summed E-state index contributed by atoms with van der Waals surface area (Å²) in [5.74, 6) is 0. The maximum absolute atomic E-state index is 12.6. The predicted molar refractivity (Wildman–Crippen MR) is 123 cm³/mol. The molecule has 3 rings (SSSR count). The van der Waals surface area contributed by atoms with Crippen LogP contribution < -0.4 is 10.7 Å². The van der Waals surface area contributed by atoms with Crippen LogP contribution in [0.3, 0.4) is 0 Å². The topological polar surface area (TPSA) is 0 Å². The maximum atomic E-state index is 12.6. The summed E-state index contributed by atoms with van der Waals surface area (Å²) < 4.78 is 186. The van der Waals surface area contributed by atoms with Crippen LogP contribution in [-0.2, 0) is 0 Å². The fourth-order valence-electron chi connectivity index (χ4n) is 3.33. The van der Waals surface area contributed by atoms with Gasteiger partial charge < -0.3 is 0 Å². The standard InChI is InChI=1S/C6F15Si.3C6H5.Sn/c7-1(8,9)4(16,17)22(5(18,19)2(10,11)12)6(20,21)3(13,14)15;3*1-2-4-6-5-3-1;/h;3*1-5H;. The van der Waals surface area contributed by atoms with Crippen molar-refractivity contribution in [2.45, 2.75) is 35.2 Å². The summed E-state index contributed by atoms with van der Waals surface area (Å²) in [6, 6.07) is 32.9. The molecule has 17 heteroatoms. The van der Waals surface area contributed by atoms with Crippen molar-refractivity contribution >= 4 is 39.3 Å². The summed E-state index contributed by atoms with van der Waals surface area (Å²) in [5, 5.41) is 0. The Morgan fingerprint density at radius 3 is 0.707 bits per heavy atom. The van der Waals surface area contributed by atoms with E-state index in [2.05, 4.69) is 91.0 Å². The van der Waals surface area contributed by atoms with Gasteiger partial charge in [-0.25, -0.2) is 26.3 Å². The minimum absolute atomic E-state index is 1.53. The number of halogens is 15. The second-order valence-electron chi connectivity index (χ2n) is 8.06. The fraction of sp³-hybridized carbons (Fsp3) is 0.250. The Hall–Kier alpha value is -2.37. The van der Waals surface area contributed by atoms with Crippen molar-refractivity contribution in [1.29, 1.82) is 0 Å². The minimum atomic E-state index is -8.12. The third-order valence-corrected chi connectivity index (χ3v) is 15.7. The molecule has 0 fully saturated rings. The van der Waals surface area contributed by atoms with E-state index in [1.54, 1.807) is 0 Å². The molecular weight excluding hydrogens is 720 g/mol. The molecule has 0 aliphatic rings. The summed E-state index contributed by atoms with van der Waals surface area (Å²) >= 11 is -1.98. The van der Waals surface area contributed by atoms with Gasteiger partial charge in [-0.2, -0.15) is 39.5 Å². The van der Waals surface area contributed by atoms with E-state index in [0.29, 0.717) is 0 Å². The summed E-state index contributed by atoms with van der Waals surface area (Å²) in [5.41, 5.74) is -22.8. The van der Waals surface area contributed by atoms with E-state index in [1.165, 1.54) is 10.7 Å². The monoisotopic (exact) mass is 736 g/mol. The van der Waals surface area contributed by atoms with Crippen molar-refractivity contribution < 1.29 is 65.9 Å². The van der Waals surface area contributed by atoms with E-state index in [0.717, 1.165) is 0 Å². The van der Waals surface area contributed by atoms with Gasteiger partial charge in [0.2, 0.25) is 0 Å². The Morgan fingerprint density at radius 2 is 0.537 bits per heavy atom. The Labute approximate surface area is 231 Å². The van der Waals surface area contributed by atoms with E-state index in [-0.39, 0.29) is 0 Å². The zero-order valence-corrected chi connectivity index (χ0v) is 23.7. The average molecular weight is 735 g/mol.